The quantitative estimate of drug-likeness (QED) is 0.810. The predicted octanol–water partition coefficient (Wildman–Crippen LogP) is 2.77. The molecule has 0 N–H and O–H groups in total. The number of hydrogen-bond donors (Lipinski definition) is 0. The summed E-state index contributed by atoms with van der Waals surface area (Å²) in [5.74, 6) is 2.54. The molecular weight excluding hydrogens is 290 g/mol. The number of amides is 1. The second-order valence-corrected chi connectivity index (χ2v) is 7.23. The van der Waals surface area contributed by atoms with Gasteiger partial charge in [0, 0.05) is 51.0 Å². The number of aromatic nitrogens is 2. The van der Waals surface area contributed by atoms with Crippen LogP contribution in [0.2, 0.25) is 0 Å². The van der Waals surface area contributed by atoms with Gasteiger partial charge in [0.1, 0.15) is 12.4 Å². The molecule has 1 saturated carbocycles. The van der Waals surface area contributed by atoms with Gasteiger partial charge in [0.2, 0.25) is 5.91 Å². The molecule has 3 rings (SSSR count). The molecule has 0 bridgehead atoms. The minimum Gasteiger partial charge on any atom is -0.377 e. The van der Waals surface area contributed by atoms with Crippen molar-refractivity contribution in [2.45, 2.75) is 58.6 Å². The summed E-state index contributed by atoms with van der Waals surface area (Å²) in [5.41, 5.74) is 1.17. The maximum absolute atomic E-state index is 12.4. The SMILES string of the molecule is COCc1ncc(C)n1CC1CN(C(=O)CC2CCCCC2)C1. The molecule has 0 radical (unpaired) electrons. The van der Waals surface area contributed by atoms with Gasteiger partial charge in [-0.2, -0.15) is 0 Å². The van der Waals surface area contributed by atoms with Crippen LogP contribution in [-0.2, 0) is 22.7 Å². The van der Waals surface area contributed by atoms with Crippen LogP contribution in [0, 0.1) is 18.8 Å². The van der Waals surface area contributed by atoms with Gasteiger partial charge < -0.3 is 14.2 Å². The molecule has 1 aliphatic carbocycles. The molecule has 1 amide bonds. The molecule has 5 heteroatoms. The van der Waals surface area contributed by atoms with Gasteiger partial charge in [-0.1, -0.05) is 19.3 Å². The predicted molar refractivity (Wildman–Crippen MR) is 88.9 cm³/mol. The van der Waals surface area contributed by atoms with Crippen molar-refractivity contribution in [1.29, 1.82) is 0 Å². The first kappa shape index (κ1) is 16.5. The Balaban J connectivity index is 1.45. The zero-order valence-electron chi connectivity index (χ0n) is 14.5. The van der Waals surface area contributed by atoms with E-state index in [1.54, 1.807) is 7.11 Å². The minimum atomic E-state index is 0.368. The fraction of sp³-hybridized carbons (Fsp3) is 0.778. The van der Waals surface area contributed by atoms with E-state index in [2.05, 4.69) is 16.5 Å². The Kier molecular flexibility index (Phi) is 5.36. The lowest BCUT2D eigenvalue weighted by Gasteiger charge is -2.40. The van der Waals surface area contributed by atoms with Gasteiger partial charge in [-0.3, -0.25) is 4.79 Å². The molecule has 1 aromatic heterocycles. The van der Waals surface area contributed by atoms with Crippen LogP contribution < -0.4 is 0 Å². The van der Waals surface area contributed by atoms with Gasteiger partial charge in [-0.15, -0.1) is 0 Å². The lowest BCUT2D eigenvalue weighted by molar-refractivity contribution is -0.139. The van der Waals surface area contributed by atoms with Crippen LogP contribution in [0.5, 0.6) is 0 Å². The normalized spacial score (nSPS) is 19.8. The van der Waals surface area contributed by atoms with Gasteiger partial charge in [0.15, 0.2) is 0 Å². The topological polar surface area (TPSA) is 47.4 Å². The van der Waals surface area contributed by atoms with Crippen LogP contribution in [0.15, 0.2) is 6.20 Å². The van der Waals surface area contributed by atoms with Crippen molar-refractivity contribution in [3.05, 3.63) is 17.7 Å². The Labute approximate surface area is 139 Å². The van der Waals surface area contributed by atoms with E-state index in [0.29, 0.717) is 24.3 Å². The molecule has 0 atom stereocenters. The van der Waals surface area contributed by atoms with Crippen LogP contribution in [0.25, 0.3) is 0 Å². The first-order valence-electron chi connectivity index (χ1n) is 8.95. The largest absolute Gasteiger partial charge is 0.377 e. The van der Waals surface area contributed by atoms with Gasteiger partial charge in [-0.05, 0) is 25.7 Å². The number of nitrogens with zero attached hydrogens (tertiary/aromatic N) is 3. The van der Waals surface area contributed by atoms with Crippen LogP contribution >= 0.6 is 0 Å². The number of ether oxygens (including phenoxy) is 1. The number of aryl methyl sites for hydroxylation is 1. The van der Waals surface area contributed by atoms with Crippen molar-refractivity contribution in [1.82, 2.24) is 14.5 Å². The van der Waals surface area contributed by atoms with Gasteiger partial charge in [-0.25, -0.2) is 4.98 Å². The third-order valence-corrected chi connectivity index (χ3v) is 5.35. The highest BCUT2D eigenvalue weighted by atomic mass is 16.5. The van der Waals surface area contributed by atoms with E-state index in [-0.39, 0.29) is 0 Å². The van der Waals surface area contributed by atoms with E-state index < -0.39 is 0 Å². The summed E-state index contributed by atoms with van der Waals surface area (Å²) in [7, 11) is 1.70. The smallest absolute Gasteiger partial charge is 0.222 e. The van der Waals surface area contributed by atoms with Crippen molar-refractivity contribution in [3.63, 3.8) is 0 Å². The number of hydrogen-bond acceptors (Lipinski definition) is 3. The number of likely N-dealkylation sites (tertiary alicyclic amines) is 1. The summed E-state index contributed by atoms with van der Waals surface area (Å²) in [6.45, 7) is 5.37. The van der Waals surface area contributed by atoms with Crippen LogP contribution in [0.4, 0.5) is 0 Å². The Morgan fingerprint density at radius 3 is 2.70 bits per heavy atom. The lowest BCUT2D eigenvalue weighted by atomic mass is 9.86. The zero-order chi connectivity index (χ0) is 16.2. The van der Waals surface area contributed by atoms with E-state index in [9.17, 15) is 4.79 Å². The zero-order valence-corrected chi connectivity index (χ0v) is 14.5. The lowest BCUT2D eigenvalue weighted by Crippen LogP contribution is -2.51. The van der Waals surface area contributed by atoms with E-state index >= 15 is 0 Å². The maximum Gasteiger partial charge on any atom is 0.222 e. The number of carbonyl (C=O) groups is 1. The molecule has 2 aliphatic rings. The molecule has 5 nitrogen and oxygen atoms in total. The molecule has 2 fully saturated rings. The van der Waals surface area contributed by atoms with Gasteiger partial charge >= 0.3 is 0 Å². The average Bonchev–Trinajstić information content (AvgIpc) is 2.84. The molecule has 0 aromatic carbocycles. The second kappa shape index (κ2) is 7.47. The molecule has 1 aromatic rings. The highest BCUT2D eigenvalue weighted by Gasteiger charge is 2.32. The van der Waals surface area contributed by atoms with Crippen molar-refractivity contribution < 1.29 is 9.53 Å². The summed E-state index contributed by atoms with van der Waals surface area (Å²) in [5, 5.41) is 0. The van der Waals surface area contributed by atoms with Crippen LogP contribution in [-0.4, -0.2) is 40.6 Å². The van der Waals surface area contributed by atoms with Crippen LogP contribution in [0.1, 0.15) is 50.0 Å². The molecule has 128 valence electrons. The average molecular weight is 319 g/mol. The molecule has 2 heterocycles. The Morgan fingerprint density at radius 2 is 2.00 bits per heavy atom. The van der Waals surface area contributed by atoms with Crippen molar-refractivity contribution in [3.8, 4) is 0 Å². The van der Waals surface area contributed by atoms with Crippen molar-refractivity contribution in [2.75, 3.05) is 20.2 Å². The monoisotopic (exact) mass is 319 g/mol. The Hall–Kier alpha value is -1.36. The fourth-order valence-corrected chi connectivity index (χ4v) is 3.92. The highest BCUT2D eigenvalue weighted by Crippen LogP contribution is 2.28. The molecule has 0 unspecified atom stereocenters. The molecule has 0 spiro atoms. The number of carbonyl (C=O) groups excluding carboxylic acids is 1. The second-order valence-electron chi connectivity index (χ2n) is 7.23. The summed E-state index contributed by atoms with van der Waals surface area (Å²) >= 11 is 0. The molecular formula is C18H29N3O2. The van der Waals surface area contributed by atoms with Gasteiger partial charge in [0.25, 0.3) is 0 Å². The summed E-state index contributed by atoms with van der Waals surface area (Å²) < 4.78 is 7.44. The number of methoxy groups -OCH3 is 1. The van der Waals surface area contributed by atoms with E-state index in [4.69, 9.17) is 4.74 Å². The number of imidazole rings is 1. The minimum absolute atomic E-state index is 0.368. The van der Waals surface area contributed by atoms with Crippen LogP contribution in [0.3, 0.4) is 0 Å². The van der Waals surface area contributed by atoms with Crippen molar-refractivity contribution >= 4 is 5.91 Å². The summed E-state index contributed by atoms with van der Waals surface area (Å²) in [6, 6.07) is 0. The third kappa shape index (κ3) is 3.94. The summed E-state index contributed by atoms with van der Waals surface area (Å²) in [4.78, 5) is 18.8. The standard InChI is InChI=1S/C18H29N3O2/c1-14-9-19-17(13-23-2)21(14)12-16-10-20(11-16)18(22)8-15-6-4-3-5-7-15/h9,15-16H,3-8,10-13H2,1-2H3. The number of rotatable bonds is 6. The molecule has 1 saturated heterocycles. The third-order valence-electron chi connectivity index (χ3n) is 5.35. The highest BCUT2D eigenvalue weighted by molar-refractivity contribution is 5.77. The fourth-order valence-electron chi connectivity index (χ4n) is 3.92. The van der Waals surface area contributed by atoms with Gasteiger partial charge in [0.05, 0.1) is 0 Å². The Bertz CT molecular complexity index is 528. The maximum atomic E-state index is 12.4. The Morgan fingerprint density at radius 1 is 1.26 bits per heavy atom. The summed E-state index contributed by atoms with van der Waals surface area (Å²) in [6.07, 6.45) is 9.13. The first-order valence-corrected chi connectivity index (χ1v) is 8.95. The molecule has 1 aliphatic heterocycles. The van der Waals surface area contributed by atoms with Crippen molar-refractivity contribution in [2.24, 2.45) is 11.8 Å². The molecule has 23 heavy (non-hydrogen) atoms. The first-order chi connectivity index (χ1) is 11.2. The van der Waals surface area contributed by atoms with E-state index in [0.717, 1.165) is 31.9 Å². The van der Waals surface area contributed by atoms with E-state index in [1.165, 1.54) is 37.8 Å². The van der Waals surface area contributed by atoms with E-state index in [1.807, 2.05) is 11.1 Å².